The van der Waals surface area contributed by atoms with Crippen molar-refractivity contribution in [3.05, 3.63) is 64.7 Å². The van der Waals surface area contributed by atoms with Crippen molar-refractivity contribution in [2.75, 3.05) is 13.1 Å². The summed E-state index contributed by atoms with van der Waals surface area (Å²) < 4.78 is 27.2. The SMILES string of the molecule is Cc1c(Cl)cccc1S(=O)(=O)N(CCN)Cc1ccccc1. The van der Waals surface area contributed by atoms with E-state index in [-0.39, 0.29) is 24.5 Å². The number of halogens is 1. The number of hydrogen-bond acceptors (Lipinski definition) is 3. The van der Waals surface area contributed by atoms with Crippen LogP contribution in [0.25, 0.3) is 0 Å². The molecule has 118 valence electrons. The largest absolute Gasteiger partial charge is 0.329 e. The van der Waals surface area contributed by atoms with Crippen LogP contribution in [0.2, 0.25) is 5.02 Å². The van der Waals surface area contributed by atoms with E-state index in [0.29, 0.717) is 10.6 Å². The Morgan fingerprint density at radius 3 is 2.41 bits per heavy atom. The van der Waals surface area contributed by atoms with Crippen LogP contribution in [0, 0.1) is 6.92 Å². The molecule has 0 aliphatic rings. The second kappa shape index (κ2) is 7.24. The summed E-state index contributed by atoms with van der Waals surface area (Å²) in [7, 11) is -3.65. The highest BCUT2D eigenvalue weighted by molar-refractivity contribution is 7.89. The average molecular weight is 339 g/mol. The third-order valence-electron chi connectivity index (χ3n) is 3.42. The zero-order chi connectivity index (χ0) is 16.2. The van der Waals surface area contributed by atoms with Crippen LogP contribution < -0.4 is 5.73 Å². The number of nitrogens with two attached hydrogens (primary N) is 1. The first kappa shape index (κ1) is 17.0. The Morgan fingerprint density at radius 2 is 1.77 bits per heavy atom. The first-order valence-electron chi connectivity index (χ1n) is 6.96. The molecule has 2 aromatic carbocycles. The van der Waals surface area contributed by atoms with E-state index in [2.05, 4.69) is 0 Å². The lowest BCUT2D eigenvalue weighted by atomic mass is 10.2. The Morgan fingerprint density at radius 1 is 1.09 bits per heavy atom. The van der Waals surface area contributed by atoms with Gasteiger partial charge in [0.15, 0.2) is 0 Å². The Hall–Kier alpha value is -1.40. The second-order valence-corrected chi connectivity index (χ2v) is 7.29. The molecule has 0 spiro atoms. The molecular formula is C16H19ClN2O2S. The van der Waals surface area contributed by atoms with Crippen LogP contribution in [0.15, 0.2) is 53.4 Å². The van der Waals surface area contributed by atoms with Gasteiger partial charge in [0, 0.05) is 24.7 Å². The summed E-state index contributed by atoms with van der Waals surface area (Å²) in [6, 6.07) is 14.3. The zero-order valence-electron chi connectivity index (χ0n) is 12.4. The Kier molecular flexibility index (Phi) is 5.58. The van der Waals surface area contributed by atoms with Crippen molar-refractivity contribution >= 4 is 21.6 Å². The molecule has 0 aliphatic heterocycles. The zero-order valence-corrected chi connectivity index (χ0v) is 13.9. The fraction of sp³-hybridized carbons (Fsp3) is 0.250. The van der Waals surface area contributed by atoms with Gasteiger partial charge >= 0.3 is 0 Å². The third-order valence-corrected chi connectivity index (χ3v) is 5.82. The molecule has 6 heteroatoms. The van der Waals surface area contributed by atoms with Crippen molar-refractivity contribution < 1.29 is 8.42 Å². The summed E-state index contributed by atoms with van der Waals surface area (Å²) in [4.78, 5) is 0.226. The number of hydrogen-bond donors (Lipinski definition) is 1. The maximum atomic E-state index is 12.9. The van der Waals surface area contributed by atoms with Crippen LogP contribution >= 0.6 is 11.6 Å². The second-order valence-electron chi connectivity index (χ2n) is 4.98. The highest BCUT2D eigenvalue weighted by Crippen LogP contribution is 2.26. The molecular weight excluding hydrogens is 320 g/mol. The van der Waals surface area contributed by atoms with E-state index in [1.165, 1.54) is 4.31 Å². The van der Waals surface area contributed by atoms with Crippen molar-refractivity contribution in [3.63, 3.8) is 0 Å². The van der Waals surface area contributed by atoms with Crippen LogP contribution in [0.3, 0.4) is 0 Å². The number of nitrogens with zero attached hydrogens (tertiary/aromatic N) is 1. The molecule has 4 nitrogen and oxygen atoms in total. The molecule has 0 unspecified atom stereocenters. The van der Waals surface area contributed by atoms with Crippen molar-refractivity contribution in [1.82, 2.24) is 4.31 Å². The van der Waals surface area contributed by atoms with Crippen molar-refractivity contribution in [1.29, 1.82) is 0 Å². The van der Waals surface area contributed by atoms with Gasteiger partial charge in [0.2, 0.25) is 10.0 Å². The van der Waals surface area contributed by atoms with Gasteiger partial charge in [-0.25, -0.2) is 8.42 Å². The smallest absolute Gasteiger partial charge is 0.243 e. The van der Waals surface area contributed by atoms with Crippen molar-refractivity contribution in [2.45, 2.75) is 18.4 Å². The summed E-state index contributed by atoms with van der Waals surface area (Å²) in [5, 5.41) is 0.438. The van der Waals surface area contributed by atoms with Crippen LogP contribution in [0.5, 0.6) is 0 Å². The van der Waals surface area contributed by atoms with Gasteiger partial charge in [-0.3, -0.25) is 0 Å². The topological polar surface area (TPSA) is 63.4 Å². The van der Waals surface area contributed by atoms with E-state index in [4.69, 9.17) is 17.3 Å². The summed E-state index contributed by atoms with van der Waals surface area (Å²) in [6.45, 7) is 2.50. The lowest BCUT2D eigenvalue weighted by molar-refractivity contribution is 0.413. The molecule has 2 N–H and O–H groups in total. The van der Waals surface area contributed by atoms with Gasteiger partial charge in [-0.15, -0.1) is 0 Å². The maximum absolute atomic E-state index is 12.9. The normalized spacial score (nSPS) is 11.8. The molecule has 0 saturated heterocycles. The minimum absolute atomic E-state index is 0.226. The molecule has 0 radical (unpaired) electrons. The maximum Gasteiger partial charge on any atom is 0.243 e. The summed E-state index contributed by atoms with van der Waals surface area (Å²) in [6.07, 6.45) is 0. The van der Waals surface area contributed by atoms with Gasteiger partial charge in [0.25, 0.3) is 0 Å². The van der Waals surface area contributed by atoms with E-state index in [1.807, 2.05) is 30.3 Å². The fourth-order valence-electron chi connectivity index (χ4n) is 2.22. The molecule has 0 bridgehead atoms. The van der Waals surface area contributed by atoms with E-state index >= 15 is 0 Å². The standard InChI is InChI=1S/C16H19ClN2O2S/c1-13-15(17)8-5-9-16(13)22(20,21)19(11-10-18)12-14-6-3-2-4-7-14/h2-9H,10-12,18H2,1H3. The first-order valence-corrected chi connectivity index (χ1v) is 8.78. The van der Waals surface area contributed by atoms with Gasteiger partial charge in [0.1, 0.15) is 0 Å². The molecule has 22 heavy (non-hydrogen) atoms. The van der Waals surface area contributed by atoms with E-state index in [1.54, 1.807) is 25.1 Å². The number of rotatable bonds is 6. The molecule has 0 heterocycles. The lowest BCUT2D eigenvalue weighted by Gasteiger charge is -2.23. The quantitative estimate of drug-likeness (QED) is 0.880. The minimum atomic E-state index is -3.65. The third kappa shape index (κ3) is 3.67. The van der Waals surface area contributed by atoms with Crippen molar-refractivity contribution in [2.24, 2.45) is 5.73 Å². The molecule has 0 amide bonds. The first-order chi connectivity index (χ1) is 10.5. The molecule has 0 saturated carbocycles. The van der Waals surface area contributed by atoms with Crippen LogP contribution in [-0.2, 0) is 16.6 Å². The number of benzene rings is 2. The lowest BCUT2D eigenvalue weighted by Crippen LogP contribution is -2.35. The predicted molar refractivity (Wildman–Crippen MR) is 89.3 cm³/mol. The average Bonchev–Trinajstić information content (AvgIpc) is 2.50. The van der Waals surface area contributed by atoms with Crippen LogP contribution in [0.1, 0.15) is 11.1 Å². The van der Waals surface area contributed by atoms with Gasteiger partial charge in [-0.2, -0.15) is 4.31 Å². The minimum Gasteiger partial charge on any atom is -0.329 e. The van der Waals surface area contributed by atoms with Gasteiger partial charge < -0.3 is 5.73 Å². The highest BCUT2D eigenvalue weighted by atomic mass is 35.5. The summed E-state index contributed by atoms with van der Waals surface area (Å²) in [5.41, 5.74) is 7.06. The summed E-state index contributed by atoms with van der Waals surface area (Å²) in [5.74, 6) is 0. The molecule has 0 atom stereocenters. The molecule has 0 fully saturated rings. The van der Waals surface area contributed by atoms with Gasteiger partial charge in [0.05, 0.1) is 4.90 Å². The molecule has 2 rings (SSSR count). The molecule has 0 aliphatic carbocycles. The van der Waals surface area contributed by atoms with E-state index in [0.717, 1.165) is 5.56 Å². The Bertz CT molecular complexity index is 733. The van der Waals surface area contributed by atoms with E-state index < -0.39 is 10.0 Å². The monoisotopic (exact) mass is 338 g/mol. The Balaban J connectivity index is 2.40. The van der Waals surface area contributed by atoms with E-state index in [9.17, 15) is 8.42 Å². The predicted octanol–water partition coefficient (Wildman–Crippen LogP) is 2.80. The van der Waals surface area contributed by atoms with Crippen molar-refractivity contribution in [3.8, 4) is 0 Å². The highest BCUT2D eigenvalue weighted by Gasteiger charge is 2.26. The fourth-order valence-corrected chi connectivity index (χ4v) is 4.14. The van der Waals surface area contributed by atoms with Crippen LogP contribution in [0.4, 0.5) is 0 Å². The molecule has 0 aromatic heterocycles. The van der Waals surface area contributed by atoms with Gasteiger partial charge in [-0.05, 0) is 30.2 Å². The summed E-state index contributed by atoms with van der Waals surface area (Å²) >= 11 is 6.05. The van der Waals surface area contributed by atoms with Gasteiger partial charge in [-0.1, -0.05) is 48.0 Å². The Labute approximate surface area is 136 Å². The molecule has 2 aromatic rings. The number of sulfonamides is 1. The van der Waals surface area contributed by atoms with Crippen LogP contribution in [-0.4, -0.2) is 25.8 Å².